The highest BCUT2D eigenvalue weighted by atomic mass is 32.2. The van der Waals surface area contributed by atoms with Crippen LogP contribution in [-0.4, -0.2) is 38.6 Å². The molecule has 0 spiro atoms. The van der Waals surface area contributed by atoms with Crippen LogP contribution in [0.25, 0.3) is 0 Å². The summed E-state index contributed by atoms with van der Waals surface area (Å²) < 4.78 is 26.0. The molecule has 0 saturated carbocycles. The van der Waals surface area contributed by atoms with Crippen LogP contribution in [-0.2, 0) is 14.8 Å². The van der Waals surface area contributed by atoms with Crippen molar-refractivity contribution in [3.05, 3.63) is 30.3 Å². The van der Waals surface area contributed by atoms with E-state index in [9.17, 15) is 13.2 Å². The summed E-state index contributed by atoms with van der Waals surface area (Å²) in [6.07, 6.45) is 0. The second-order valence-electron chi connectivity index (χ2n) is 3.67. The molecule has 18 heavy (non-hydrogen) atoms. The van der Waals surface area contributed by atoms with E-state index < -0.39 is 22.0 Å². The smallest absolute Gasteiger partial charge is 0.241 e. The van der Waals surface area contributed by atoms with Gasteiger partial charge in [-0.05, 0) is 19.1 Å². The molecule has 1 rings (SSSR count). The van der Waals surface area contributed by atoms with Crippen LogP contribution in [0.2, 0.25) is 0 Å². The lowest BCUT2D eigenvalue weighted by Gasteiger charge is -2.13. The number of sulfonamides is 1. The molecule has 0 aliphatic heterocycles. The van der Waals surface area contributed by atoms with Gasteiger partial charge in [-0.25, -0.2) is 8.42 Å². The Hall–Kier alpha value is -1.44. The molecular formula is C11H16N2O4S. The van der Waals surface area contributed by atoms with Crippen molar-refractivity contribution in [3.8, 4) is 0 Å². The van der Waals surface area contributed by atoms with Gasteiger partial charge < -0.3 is 10.4 Å². The zero-order chi connectivity index (χ0) is 13.6. The van der Waals surface area contributed by atoms with Gasteiger partial charge in [0.1, 0.15) is 0 Å². The average Bonchev–Trinajstić information content (AvgIpc) is 2.36. The van der Waals surface area contributed by atoms with E-state index in [1.165, 1.54) is 19.1 Å². The van der Waals surface area contributed by atoms with Crippen molar-refractivity contribution in [2.45, 2.75) is 17.9 Å². The summed E-state index contributed by atoms with van der Waals surface area (Å²) in [5.74, 6) is -0.483. The standard InChI is InChI=1S/C11H16N2O4S/c1-9(11(15)12-7-8-14)13-18(16,17)10-5-3-2-4-6-10/h2-6,9,13-14H,7-8H2,1H3,(H,12,15). The number of amides is 1. The van der Waals surface area contributed by atoms with E-state index in [-0.39, 0.29) is 18.0 Å². The molecule has 1 atom stereocenters. The summed E-state index contributed by atoms with van der Waals surface area (Å²) in [6.45, 7) is 1.34. The predicted molar refractivity (Wildman–Crippen MR) is 66.3 cm³/mol. The van der Waals surface area contributed by atoms with Crippen LogP contribution in [0, 0.1) is 0 Å². The zero-order valence-corrected chi connectivity index (χ0v) is 10.8. The summed E-state index contributed by atoms with van der Waals surface area (Å²) in [4.78, 5) is 11.6. The highest BCUT2D eigenvalue weighted by molar-refractivity contribution is 7.89. The third kappa shape index (κ3) is 4.10. The van der Waals surface area contributed by atoms with E-state index in [4.69, 9.17) is 5.11 Å². The van der Waals surface area contributed by atoms with Gasteiger partial charge in [-0.1, -0.05) is 18.2 Å². The first-order valence-corrected chi connectivity index (χ1v) is 6.91. The molecule has 3 N–H and O–H groups in total. The first-order valence-electron chi connectivity index (χ1n) is 5.43. The highest BCUT2D eigenvalue weighted by Gasteiger charge is 2.21. The summed E-state index contributed by atoms with van der Waals surface area (Å²) in [6, 6.07) is 6.90. The van der Waals surface area contributed by atoms with Crippen LogP contribution in [0.4, 0.5) is 0 Å². The predicted octanol–water partition coefficient (Wildman–Crippen LogP) is -0.538. The molecule has 0 aliphatic carbocycles. The van der Waals surface area contributed by atoms with E-state index in [1.807, 2.05) is 0 Å². The van der Waals surface area contributed by atoms with Gasteiger partial charge in [0.2, 0.25) is 15.9 Å². The van der Waals surface area contributed by atoms with E-state index in [0.29, 0.717) is 0 Å². The normalized spacial score (nSPS) is 13.0. The quantitative estimate of drug-likeness (QED) is 0.648. The van der Waals surface area contributed by atoms with E-state index >= 15 is 0 Å². The van der Waals surface area contributed by atoms with Crippen LogP contribution in [0.1, 0.15) is 6.92 Å². The second-order valence-corrected chi connectivity index (χ2v) is 5.38. The molecule has 0 bridgehead atoms. The Morgan fingerprint density at radius 1 is 1.33 bits per heavy atom. The molecule has 0 aromatic heterocycles. The molecule has 0 fully saturated rings. The minimum Gasteiger partial charge on any atom is -0.395 e. The van der Waals surface area contributed by atoms with Gasteiger partial charge in [0.25, 0.3) is 0 Å². The number of benzene rings is 1. The van der Waals surface area contributed by atoms with Crippen molar-refractivity contribution in [1.82, 2.24) is 10.0 Å². The summed E-state index contributed by atoms with van der Waals surface area (Å²) in [7, 11) is -3.70. The van der Waals surface area contributed by atoms with Crippen molar-refractivity contribution in [2.24, 2.45) is 0 Å². The number of hydrogen-bond donors (Lipinski definition) is 3. The Morgan fingerprint density at radius 2 is 1.94 bits per heavy atom. The van der Waals surface area contributed by atoms with Gasteiger partial charge in [-0.15, -0.1) is 0 Å². The molecule has 1 amide bonds. The molecule has 1 unspecified atom stereocenters. The Labute approximate surface area is 106 Å². The monoisotopic (exact) mass is 272 g/mol. The third-order valence-electron chi connectivity index (χ3n) is 2.19. The molecule has 0 saturated heterocycles. The Kier molecular flexibility index (Phi) is 5.26. The van der Waals surface area contributed by atoms with Gasteiger partial charge in [0, 0.05) is 6.54 Å². The molecule has 1 aromatic rings. The van der Waals surface area contributed by atoms with Gasteiger partial charge >= 0.3 is 0 Å². The van der Waals surface area contributed by atoms with Crippen LogP contribution >= 0.6 is 0 Å². The molecule has 1 aromatic carbocycles. The number of aliphatic hydroxyl groups is 1. The fraction of sp³-hybridized carbons (Fsp3) is 0.364. The van der Waals surface area contributed by atoms with Crippen LogP contribution in [0.5, 0.6) is 0 Å². The van der Waals surface area contributed by atoms with Gasteiger partial charge in [-0.2, -0.15) is 4.72 Å². The van der Waals surface area contributed by atoms with Crippen molar-refractivity contribution in [1.29, 1.82) is 0 Å². The van der Waals surface area contributed by atoms with Crippen LogP contribution < -0.4 is 10.0 Å². The number of carbonyl (C=O) groups excluding carboxylic acids is 1. The van der Waals surface area contributed by atoms with Gasteiger partial charge in [0.05, 0.1) is 17.5 Å². The number of rotatable bonds is 6. The van der Waals surface area contributed by atoms with Crippen molar-refractivity contribution < 1.29 is 18.3 Å². The Bertz CT molecular complexity index is 487. The second kappa shape index (κ2) is 6.48. The van der Waals surface area contributed by atoms with Crippen molar-refractivity contribution >= 4 is 15.9 Å². The molecule has 0 heterocycles. The van der Waals surface area contributed by atoms with E-state index in [1.54, 1.807) is 18.2 Å². The van der Waals surface area contributed by atoms with E-state index in [0.717, 1.165) is 0 Å². The minimum absolute atomic E-state index is 0.0935. The summed E-state index contributed by atoms with van der Waals surface area (Å²) in [5, 5.41) is 10.9. The van der Waals surface area contributed by atoms with Crippen molar-refractivity contribution in [3.63, 3.8) is 0 Å². The van der Waals surface area contributed by atoms with Crippen molar-refractivity contribution in [2.75, 3.05) is 13.2 Å². The minimum atomic E-state index is -3.70. The Morgan fingerprint density at radius 3 is 2.50 bits per heavy atom. The first-order chi connectivity index (χ1) is 8.47. The van der Waals surface area contributed by atoms with Crippen LogP contribution in [0.15, 0.2) is 35.2 Å². The fourth-order valence-corrected chi connectivity index (χ4v) is 2.51. The Balaban J connectivity index is 2.69. The maximum absolute atomic E-state index is 11.9. The number of carbonyl (C=O) groups is 1. The molecule has 0 aliphatic rings. The lowest BCUT2D eigenvalue weighted by molar-refractivity contribution is -0.122. The van der Waals surface area contributed by atoms with E-state index in [2.05, 4.69) is 10.0 Å². The number of aliphatic hydroxyl groups excluding tert-OH is 1. The van der Waals surface area contributed by atoms with Gasteiger partial charge in [-0.3, -0.25) is 4.79 Å². The SMILES string of the molecule is CC(NS(=O)(=O)c1ccccc1)C(=O)NCCO. The lowest BCUT2D eigenvalue weighted by atomic mass is 10.3. The topological polar surface area (TPSA) is 95.5 Å². The molecule has 0 radical (unpaired) electrons. The zero-order valence-electron chi connectivity index (χ0n) is 9.96. The molecule has 100 valence electrons. The lowest BCUT2D eigenvalue weighted by Crippen LogP contribution is -2.45. The maximum atomic E-state index is 11.9. The van der Waals surface area contributed by atoms with Crippen LogP contribution in [0.3, 0.4) is 0 Å². The molecule has 6 nitrogen and oxygen atoms in total. The summed E-state index contributed by atoms with van der Waals surface area (Å²) in [5.41, 5.74) is 0. The average molecular weight is 272 g/mol. The molecule has 7 heteroatoms. The first kappa shape index (κ1) is 14.6. The summed E-state index contributed by atoms with van der Waals surface area (Å²) >= 11 is 0. The largest absolute Gasteiger partial charge is 0.395 e. The van der Waals surface area contributed by atoms with Gasteiger partial charge in [0.15, 0.2) is 0 Å². The third-order valence-corrected chi connectivity index (χ3v) is 3.75. The fourth-order valence-electron chi connectivity index (χ4n) is 1.29. The highest BCUT2D eigenvalue weighted by Crippen LogP contribution is 2.07. The number of hydrogen-bond acceptors (Lipinski definition) is 4. The molecular weight excluding hydrogens is 256 g/mol. The maximum Gasteiger partial charge on any atom is 0.241 e. The number of nitrogens with one attached hydrogen (secondary N) is 2.